The van der Waals surface area contributed by atoms with Crippen LogP contribution in [0.1, 0.15) is 18.4 Å². The van der Waals surface area contributed by atoms with Gasteiger partial charge in [-0.2, -0.15) is 0 Å². The van der Waals surface area contributed by atoms with Gasteiger partial charge in [0.2, 0.25) is 5.91 Å². The highest BCUT2D eigenvalue weighted by Gasteiger charge is 2.62. The zero-order valence-electron chi connectivity index (χ0n) is 18.2. The van der Waals surface area contributed by atoms with Gasteiger partial charge in [0.1, 0.15) is 4.75 Å². The van der Waals surface area contributed by atoms with Crippen LogP contribution in [0.2, 0.25) is 0 Å². The minimum atomic E-state index is -3.15. The topological polar surface area (TPSA) is 76.7 Å². The Balaban J connectivity index is 1.21. The lowest BCUT2D eigenvalue weighted by atomic mass is 9.82. The Kier molecular flexibility index (Phi) is 5.35. The molecule has 4 heterocycles. The molecule has 0 bridgehead atoms. The Hall–Kier alpha value is -1.90. The number of likely N-dealkylation sites (N-methyl/N-ethyl adjacent to an activating group) is 1. The van der Waals surface area contributed by atoms with E-state index in [1.54, 1.807) is 4.90 Å². The summed E-state index contributed by atoms with van der Waals surface area (Å²) < 4.78 is 25.2. The monoisotopic (exact) mass is 444 g/mol. The highest BCUT2D eigenvalue weighted by molar-refractivity contribution is 7.93. The summed E-state index contributed by atoms with van der Waals surface area (Å²) in [6.45, 7) is 5.65. The van der Waals surface area contributed by atoms with Crippen LogP contribution in [0.5, 0.6) is 0 Å². The Morgan fingerprint density at radius 3 is 2.68 bits per heavy atom. The Morgan fingerprint density at radius 2 is 1.90 bits per heavy atom. The van der Waals surface area contributed by atoms with Gasteiger partial charge >= 0.3 is 0 Å². The summed E-state index contributed by atoms with van der Waals surface area (Å²) >= 11 is 0. The number of H-pyrrole nitrogens is 1. The maximum Gasteiger partial charge on any atom is 0.223 e. The van der Waals surface area contributed by atoms with Gasteiger partial charge in [-0.1, -0.05) is 18.2 Å². The van der Waals surface area contributed by atoms with Crippen LogP contribution in [-0.4, -0.2) is 97.4 Å². The molecule has 1 unspecified atom stereocenters. The van der Waals surface area contributed by atoms with E-state index >= 15 is 0 Å². The second-order valence-corrected chi connectivity index (χ2v) is 12.0. The van der Waals surface area contributed by atoms with E-state index in [4.69, 9.17) is 0 Å². The molecule has 31 heavy (non-hydrogen) atoms. The highest BCUT2D eigenvalue weighted by atomic mass is 32.2. The van der Waals surface area contributed by atoms with Crippen LogP contribution in [-0.2, 0) is 21.1 Å². The molecule has 3 aliphatic rings. The number of piperazine rings is 1. The standard InChI is InChI=1S/C23H32N4O3S/c1-25-9-11-26(12-10-25)15-19-8-13-31(29,30)23(19)16-27(17-23)22(28)7-6-18-14-24-21-5-3-2-4-20(18)21/h2-5,14,19,24H,6-13,15-17H2,1H3. The van der Waals surface area contributed by atoms with Gasteiger partial charge in [-0.05, 0) is 37.4 Å². The highest BCUT2D eigenvalue weighted by Crippen LogP contribution is 2.45. The van der Waals surface area contributed by atoms with Crippen molar-refractivity contribution in [3.8, 4) is 0 Å². The molecule has 7 nitrogen and oxygen atoms in total. The third kappa shape index (κ3) is 3.68. The quantitative estimate of drug-likeness (QED) is 0.754. The average molecular weight is 445 g/mol. The van der Waals surface area contributed by atoms with E-state index in [1.807, 2.05) is 24.4 Å². The van der Waals surface area contributed by atoms with Crippen molar-refractivity contribution in [3.63, 3.8) is 0 Å². The lowest BCUT2D eigenvalue weighted by Crippen LogP contribution is -2.69. The van der Waals surface area contributed by atoms with Gasteiger partial charge in [-0.15, -0.1) is 0 Å². The van der Waals surface area contributed by atoms with Crippen molar-refractivity contribution in [3.05, 3.63) is 36.0 Å². The molecule has 0 aliphatic carbocycles. The predicted octanol–water partition coefficient (Wildman–Crippen LogP) is 1.36. The van der Waals surface area contributed by atoms with Crippen molar-refractivity contribution < 1.29 is 13.2 Å². The molecule has 2 aromatic rings. The van der Waals surface area contributed by atoms with E-state index in [9.17, 15) is 13.2 Å². The number of para-hydroxylation sites is 1. The number of aromatic nitrogens is 1. The molecule has 5 rings (SSSR count). The summed E-state index contributed by atoms with van der Waals surface area (Å²) in [5.41, 5.74) is 2.22. The first-order valence-electron chi connectivity index (χ1n) is 11.3. The molecule has 1 aromatic heterocycles. The molecule has 1 amide bonds. The summed E-state index contributed by atoms with van der Waals surface area (Å²) in [6.07, 6.45) is 3.79. The van der Waals surface area contributed by atoms with Crippen molar-refractivity contribution in [2.45, 2.75) is 24.0 Å². The molecular weight excluding hydrogens is 412 g/mol. The predicted molar refractivity (Wildman–Crippen MR) is 122 cm³/mol. The van der Waals surface area contributed by atoms with Crippen LogP contribution in [0, 0.1) is 5.92 Å². The summed E-state index contributed by atoms with van der Waals surface area (Å²) in [7, 11) is -1.02. The van der Waals surface area contributed by atoms with Crippen LogP contribution in [0.25, 0.3) is 10.9 Å². The zero-order chi connectivity index (χ0) is 21.6. The second-order valence-electron chi connectivity index (χ2n) is 9.58. The minimum absolute atomic E-state index is 0.0661. The molecular formula is C23H32N4O3S. The number of nitrogens with zero attached hydrogens (tertiary/aromatic N) is 3. The first-order chi connectivity index (χ1) is 14.9. The number of nitrogens with one attached hydrogen (secondary N) is 1. The first-order valence-corrected chi connectivity index (χ1v) is 13.0. The molecule has 8 heteroatoms. The molecule has 3 aliphatic heterocycles. The van der Waals surface area contributed by atoms with Crippen LogP contribution >= 0.6 is 0 Å². The first kappa shape index (κ1) is 21.0. The van der Waals surface area contributed by atoms with Gasteiger partial charge in [-0.3, -0.25) is 4.79 Å². The minimum Gasteiger partial charge on any atom is -0.361 e. The maximum atomic E-state index is 13.0. The molecule has 0 radical (unpaired) electrons. The van der Waals surface area contributed by atoms with Crippen LogP contribution in [0.3, 0.4) is 0 Å². The van der Waals surface area contributed by atoms with Crippen molar-refractivity contribution >= 4 is 26.6 Å². The van der Waals surface area contributed by atoms with E-state index in [0.29, 0.717) is 25.9 Å². The lowest BCUT2D eigenvalue weighted by molar-refractivity contribution is -0.137. The number of likely N-dealkylation sites (tertiary alicyclic amines) is 1. The fraction of sp³-hybridized carbons (Fsp3) is 0.609. The number of fused-ring (bicyclic) bond motifs is 1. The van der Waals surface area contributed by atoms with Gasteiger partial charge in [0.05, 0.1) is 5.75 Å². The fourth-order valence-electron chi connectivity index (χ4n) is 5.59. The molecule has 1 aromatic carbocycles. The number of rotatable bonds is 5. The number of hydrogen-bond acceptors (Lipinski definition) is 5. The fourth-order valence-corrected chi connectivity index (χ4v) is 7.99. The van der Waals surface area contributed by atoms with E-state index < -0.39 is 14.6 Å². The van der Waals surface area contributed by atoms with Crippen molar-refractivity contribution in [2.75, 3.05) is 58.6 Å². The number of hydrogen-bond donors (Lipinski definition) is 1. The summed E-state index contributed by atoms with van der Waals surface area (Å²) in [6, 6.07) is 8.10. The van der Waals surface area contributed by atoms with Gasteiger partial charge in [0.15, 0.2) is 9.84 Å². The van der Waals surface area contributed by atoms with Gasteiger partial charge in [-0.25, -0.2) is 8.42 Å². The molecule has 1 atom stereocenters. The molecule has 1 N–H and O–H groups in total. The summed E-state index contributed by atoms with van der Waals surface area (Å²) in [4.78, 5) is 22.6. The molecule has 3 fully saturated rings. The van der Waals surface area contributed by atoms with Crippen LogP contribution in [0.4, 0.5) is 0 Å². The second kappa shape index (κ2) is 7.90. The molecule has 168 valence electrons. The number of sulfone groups is 1. The van der Waals surface area contributed by atoms with Gasteiger partial charge < -0.3 is 19.7 Å². The number of aryl methyl sites for hydroxylation is 1. The van der Waals surface area contributed by atoms with Crippen LogP contribution in [0.15, 0.2) is 30.5 Å². The maximum absolute atomic E-state index is 13.0. The average Bonchev–Trinajstić information content (AvgIpc) is 3.25. The van der Waals surface area contributed by atoms with E-state index in [2.05, 4.69) is 27.9 Å². The largest absolute Gasteiger partial charge is 0.361 e. The Morgan fingerprint density at radius 1 is 1.16 bits per heavy atom. The summed E-state index contributed by atoms with van der Waals surface area (Å²) in [5, 5.41) is 1.15. The number of benzene rings is 1. The number of aromatic amines is 1. The van der Waals surface area contributed by atoms with Gasteiger partial charge in [0, 0.05) is 69.3 Å². The Bertz CT molecular complexity index is 1070. The number of amides is 1. The normalized spacial score (nSPS) is 25.8. The van der Waals surface area contributed by atoms with E-state index in [0.717, 1.165) is 55.6 Å². The molecule has 1 spiro atoms. The van der Waals surface area contributed by atoms with E-state index in [-0.39, 0.29) is 17.6 Å². The smallest absolute Gasteiger partial charge is 0.223 e. The molecule has 3 saturated heterocycles. The Labute approximate surface area is 184 Å². The van der Waals surface area contributed by atoms with Crippen LogP contribution < -0.4 is 0 Å². The third-order valence-electron chi connectivity index (χ3n) is 7.73. The van der Waals surface area contributed by atoms with Crippen molar-refractivity contribution in [1.29, 1.82) is 0 Å². The lowest BCUT2D eigenvalue weighted by Gasteiger charge is -2.51. The molecule has 0 saturated carbocycles. The van der Waals surface area contributed by atoms with E-state index in [1.165, 1.54) is 0 Å². The third-order valence-corrected chi connectivity index (χ3v) is 10.3. The van der Waals surface area contributed by atoms with Gasteiger partial charge in [0.25, 0.3) is 0 Å². The number of carbonyl (C=O) groups excluding carboxylic acids is 1. The zero-order valence-corrected chi connectivity index (χ0v) is 19.0. The van der Waals surface area contributed by atoms with Crippen molar-refractivity contribution in [1.82, 2.24) is 19.7 Å². The SMILES string of the molecule is CN1CCN(CC2CCS(=O)(=O)C23CN(C(=O)CCc2c[nH]c4ccccc24)C3)CC1. The van der Waals surface area contributed by atoms with Crippen molar-refractivity contribution in [2.24, 2.45) is 5.92 Å². The summed E-state index contributed by atoms with van der Waals surface area (Å²) in [5.74, 6) is 0.470. The number of carbonyl (C=O) groups is 1.